The predicted molar refractivity (Wildman–Crippen MR) is 47.0 cm³/mol. The summed E-state index contributed by atoms with van der Waals surface area (Å²) < 4.78 is 1.78. The predicted octanol–water partition coefficient (Wildman–Crippen LogP) is 2.00. The van der Waals surface area contributed by atoms with E-state index in [1.165, 1.54) is 0 Å². The lowest BCUT2D eigenvalue weighted by Gasteiger charge is -2.05. The third-order valence-corrected chi connectivity index (χ3v) is 2.38. The van der Waals surface area contributed by atoms with E-state index in [0.717, 1.165) is 11.3 Å². The molecule has 0 radical (unpaired) electrons. The van der Waals surface area contributed by atoms with E-state index >= 15 is 0 Å². The lowest BCUT2D eigenvalue weighted by atomic mass is 10.1. The van der Waals surface area contributed by atoms with Crippen molar-refractivity contribution >= 4 is 27.6 Å². The van der Waals surface area contributed by atoms with Crippen molar-refractivity contribution in [3.05, 3.63) is 29.8 Å². The minimum absolute atomic E-state index is 0.178. The summed E-state index contributed by atoms with van der Waals surface area (Å²) in [7, 11) is 0. The van der Waals surface area contributed by atoms with Crippen molar-refractivity contribution in [1.29, 1.82) is 0 Å². The first-order valence-electron chi connectivity index (χ1n) is 3.34. The number of Topliss-reactive ketones (excluding diaryl/α,β-unsaturated/α-hetero) is 1. The monoisotopic (exact) mass is 211 g/mol. The van der Waals surface area contributed by atoms with Gasteiger partial charge in [-0.05, 0) is 12.1 Å². The van der Waals surface area contributed by atoms with Gasteiger partial charge in [-0.15, -0.1) is 0 Å². The molecule has 1 aliphatic heterocycles. The molecular formula is C8H6BrNO. The van der Waals surface area contributed by atoms with Crippen LogP contribution in [0.5, 0.6) is 0 Å². The number of carbonyl (C=O) groups is 1. The molecule has 11 heavy (non-hydrogen) atoms. The van der Waals surface area contributed by atoms with Crippen molar-refractivity contribution in [2.75, 3.05) is 10.5 Å². The first-order valence-corrected chi connectivity index (χ1v) is 4.05. The molecule has 0 N–H and O–H groups in total. The van der Waals surface area contributed by atoms with Gasteiger partial charge < -0.3 is 3.93 Å². The summed E-state index contributed by atoms with van der Waals surface area (Å²) in [5.41, 5.74) is 1.78. The van der Waals surface area contributed by atoms with E-state index in [2.05, 4.69) is 16.1 Å². The van der Waals surface area contributed by atoms with Gasteiger partial charge in [0, 0.05) is 5.56 Å². The third-order valence-electron chi connectivity index (χ3n) is 1.75. The number of hydrogen-bond donors (Lipinski definition) is 0. The van der Waals surface area contributed by atoms with Crippen LogP contribution in [0.3, 0.4) is 0 Å². The van der Waals surface area contributed by atoms with Gasteiger partial charge in [-0.1, -0.05) is 12.1 Å². The first-order chi connectivity index (χ1) is 5.29. The molecule has 1 aromatic rings. The van der Waals surface area contributed by atoms with Gasteiger partial charge in [-0.3, -0.25) is 4.79 Å². The zero-order chi connectivity index (χ0) is 7.84. The molecule has 0 saturated heterocycles. The van der Waals surface area contributed by atoms with Gasteiger partial charge in [-0.25, -0.2) is 0 Å². The molecule has 0 fully saturated rings. The van der Waals surface area contributed by atoms with Crippen molar-refractivity contribution in [3.8, 4) is 0 Å². The second kappa shape index (κ2) is 2.34. The van der Waals surface area contributed by atoms with Gasteiger partial charge in [-0.2, -0.15) is 0 Å². The van der Waals surface area contributed by atoms with Crippen molar-refractivity contribution in [2.45, 2.75) is 0 Å². The highest BCUT2D eigenvalue weighted by Gasteiger charge is 2.23. The molecule has 0 aromatic heterocycles. The lowest BCUT2D eigenvalue weighted by Crippen LogP contribution is -2.08. The van der Waals surface area contributed by atoms with Crippen molar-refractivity contribution in [1.82, 2.24) is 0 Å². The molecule has 56 valence electrons. The van der Waals surface area contributed by atoms with Crippen LogP contribution in [0, 0.1) is 0 Å². The Hall–Kier alpha value is -0.830. The molecule has 3 heteroatoms. The smallest absolute Gasteiger partial charge is 0.185 e. The van der Waals surface area contributed by atoms with Crippen LogP contribution < -0.4 is 3.93 Å². The van der Waals surface area contributed by atoms with E-state index in [9.17, 15) is 4.79 Å². The summed E-state index contributed by atoms with van der Waals surface area (Å²) in [6.07, 6.45) is 0. The van der Waals surface area contributed by atoms with Gasteiger partial charge in [0.15, 0.2) is 5.78 Å². The van der Waals surface area contributed by atoms with E-state index in [1.807, 2.05) is 24.3 Å². The maximum Gasteiger partial charge on any atom is 0.185 e. The summed E-state index contributed by atoms with van der Waals surface area (Å²) in [6, 6.07) is 7.57. The van der Waals surface area contributed by atoms with Crippen LogP contribution in [-0.2, 0) is 0 Å². The standard InChI is InChI=1S/C8H6BrNO/c9-10-5-8(11)6-3-1-2-4-7(6)10/h1-4H,5H2. The van der Waals surface area contributed by atoms with Crippen molar-refractivity contribution in [3.63, 3.8) is 0 Å². The number of para-hydroxylation sites is 1. The van der Waals surface area contributed by atoms with Gasteiger partial charge in [0.25, 0.3) is 0 Å². The van der Waals surface area contributed by atoms with Crippen molar-refractivity contribution in [2.24, 2.45) is 0 Å². The molecule has 0 spiro atoms. The van der Waals surface area contributed by atoms with Gasteiger partial charge in [0.1, 0.15) is 0 Å². The van der Waals surface area contributed by atoms with E-state index < -0.39 is 0 Å². The first kappa shape index (κ1) is 6.85. The Balaban J connectivity index is 2.60. The summed E-state index contributed by atoms with van der Waals surface area (Å²) in [6.45, 7) is 0.444. The Morgan fingerprint density at radius 2 is 2.09 bits per heavy atom. The van der Waals surface area contributed by atoms with Crippen LogP contribution in [0.25, 0.3) is 0 Å². The Morgan fingerprint density at radius 3 is 2.82 bits per heavy atom. The maximum atomic E-state index is 11.2. The van der Waals surface area contributed by atoms with E-state index in [0.29, 0.717) is 6.54 Å². The zero-order valence-corrected chi connectivity index (χ0v) is 7.34. The number of halogens is 1. The minimum atomic E-state index is 0.178. The number of anilines is 1. The van der Waals surface area contributed by atoms with Crippen LogP contribution >= 0.6 is 16.1 Å². The average molecular weight is 212 g/mol. The van der Waals surface area contributed by atoms with Crippen LogP contribution in [-0.4, -0.2) is 12.3 Å². The summed E-state index contributed by atoms with van der Waals surface area (Å²) >= 11 is 3.29. The molecule has 0 atom stereocenters. The fourth-order valence-corrected chi connectivity index (χ4v) is 1.75. The molecule has 0 saturated carbocycles. The number of nitrogens with zero attached hydrogens (tertiary/aromatic N) is 1. The van der Waals surface area contributed by atoms with E-state index in [4.69, 9.17) is 0 Å². The molecule has 1 aromatic carbocycles. The Morgan fingerprint density at radius 1 is 1.36 bits per heavy atom. The second-order valence-corrected chi connectivity index (χ2v) is 3.32. The summed E-state index contributed by atoms with van der Waals surface area (Å²) in [4.78, 5) is 11.2. The number of rotatable bonds is 0. The molecule has 0 amide bonds. The Bertz CT molecular complexity index is 311. The second-order valence-electron chi connectivity index (χ2n) is 2.46. The normalized spacial score (nSPS) is 15.4. The fraction of sp³-hybridized carbons (Fsp3) is 0.125. The molecule has 1 heterocycles. The topological polar surface area (TPSA) is 20.3 Å². The third kappa shape index (κ3) is 0.959. The number of benzene rings is 1. The van der Waals surface area contributed by atoms with E-state index in [1.54, 1.807) is 3.93 Å². The SMILES string of the molecule is O=C1CN(Br)c2ccccc21. The van der Waals surface area contributed by atoms with Crippen LogP contribution in [0.4, 0.5) is 5.69 Å². The molecular weight excluding hydrogens is 206 g/mol. The lowest BCUT2D eigenvalue weighted by molar-refractivity contribution is 0.101. The highest BCUT2D eigenvalue weighted by Crippen LogP contribution is 2.29. The quantitative estimate of drug-likeness (QED) is 0.613. The Kier molecular flexibility index (Phi) is 1.46. The van der Waals surface area contributed by atoms with Crippen LogP contribution in [0.1, 0.15) is 10.4 Å². The molecule has 0 bridgehead atoms. The molecule has 1 aliphatic rings. The average Bonchev–Trinajstić information content (AvgIpc) is 2.30. The highest BCUT2D eigenvalue weighted by atomic mass is 79.9. The van der Waals surface area contributed by atoms with Gasteiger partial charge in [0.05, 0.1) is 28.4 Å². The van der Waals surface area contributed by atoms with E-state index in [-0.39, 0.29) is 5.78 Å². The number of ketones is 1. The highest BCUT2D eigenvalue weighted by molar-refractivity contribution is 9.10. The molecule has 2 rings (SSSR count). The number of carbonyl (C=O) groups excluding carboxylic acids is 1. The van der Waals surface area contributed by atoms with Crippen molar-refractivity contribution < 1.29 is 4.79 Å². The van der Waals surface area contributed by atoms with Crippen LogP contribution in [0.2, 0.25) is 0 Å². The summed E-state index contributed by atoms with van der Waals surface area (Å²) in [5, 5.41) is 0. The molecule has 0 unspecified atom stereocenters. The Labute approximate surface area is 73.2 Å². The molecule has 0 aliphatic carbocycles. The summed E-state index contributed by atoms with van der Waals surface area (Å²) in [5.74, 6) is 0.178. The largest absolute Gasteiger partial charge is 0.300 e. The minimum Gasteiger partial charge on any atom is -0.300 e. The number of hydrogen-bond acceptors (Lipinski definition) is 2. The van der Waals surface area contributed by atoms with Gasteiger partial charge >= 0.3 is 0 Å². The maximum absolute atomic E-state index is 11.2. The molecule has 2 nitrogen and oxygen atoms in total. The van der Waals surface area contributed by atoms with Gasteiger partial charge in [0.2, 0.25) is 0 Å². The zero-order valence-electron chi connectivity index (χ0n) is 5.75. The van der Waals surface area contributed by atoms with Crippen LogP contribution in [0.15, 0.2) is 24.3 Å². The fourth-order valence-electron chi connectivity index (χ4n) is 1.22. The number of fused-ring (bicyclic) bond motifs is 1.